The van der Waals surface area contributed by atoms with E-state index in [9.17, 15) is 129 Å². The Morgan fingerprint density at radius 1 is 0.329 bits per heavy atom. The number of nitro groups is 9. The van der Waals surface area contributed by atoms with E-state index in [2.05, 4.69) is 164 Å². The highest BCUT2D eigenvalue weighted by Gasteiger charge is 2.41. The second-order valence-electron chi connectivity index (χ2n) is 33.7. The number of piperazine rings is 3. The van der Waals surface area contributed by atoms with Crippen LogP contribution in [0.1, 0.15) is 79.6 Å². The molecule has 59 heteroatoms. The lowest BCUT2D eigenvalue weighted by Gasteiger charge is -2.33. The molecule has 0 aliphatic carbocycles. The van der Waals surface area contributed by atoms with Gasteiger partial charge in [0.2, 0.25) is 0 Å². The maximum absolute atomic E-state index is 13.6. The van der Waals surface area contributed by atoms with Gasteiger partial charge in [0.15, 0.2) is 0 Å². The lowest BCUT2D eigenvalue weighted by Crippen LogP contribution is -2.47. The Kier molecular flexibility index (Phi) is 49.5. The number of hydrogen-bond donors (Lipinski definition) is 0. The van der Waals surface area contributed by atoms with Crippen molar-refractivity contribution in [2.75, 3.05) is 264 Å². The first-order chi connectivity index (χ1) is 70.9. The van der Waals surface area contributed by atoms with Crippen LogP contribution in [0.15, 0.2) is 109 Å². The summed E-state index contributed by atoms with van der Waals surface area (Å²) in [5.74, 6) is -2.11. The maximum atomic E-state index is 13.6. The van der Waals surface area contributed by atoms with Crippen LogP contribution < -0.4 is 24.5 Å². The lowest BCUT2D eigenvalue weighted by molar-refractivity contribution is -0.394. The predicted molar refractivity (Wildman–Crippen MR) is 593 cm³/mol. The van der Waals surface area contributed by atoms with E-state index in [1.165, 1.54) is 26.8 Å². The molecule has 49 nitrogen and oxygen atoms in total. The number of hydrogen-bond acceptors (Lipinski definition) is 35. The van der Waals surface area contributed by atoms with E-state index in [4.69, 9.17) is 4.18 Å². The third-order valence-electron chi connectivity index (χ3n) is 24.2. The Balaban J connectivity index is 0.000000228. The molecule has 5 amide bonds. The topological polar surface area (TPSA) is 583 Å². The van der Waals surface area contributed by atoms with Crippen LogP contribution in [0.4, 0.5) is 79.6 Å². The number of anilines is 5. The molecule has 806 valence electrons. The standard InChI is InChI=1S/C21H19Br2N5O5.C20H20Br2N4O5.C17H24BrN5O8S.C16H21Br2N5O5.C16H22Br2N4O3/c22-5-8-25(9-6-23)20-18(10-16(27(30)31)11-19(20)28(32)33)21(29)26-7-4-17-14(12-24)2-1-3-15(17)13-26;21-6-9-23(10-7-22)19-17(11-16(25(28)29)12-18(19)26(30)31)20(27)24-8-5-14-3-1-2-4-15(14)13-24;1-19-5-7-21(8-6-19)17(24)14-11-13(22(25)26)12-15(23(27)28)16(14)20(4-3-18)9-10-31-32(2,29)30;1-19-6-8-21(9-7-19)16(24)13-10-12(22(25)26)11-14(23(27)28)15(13)20(4-2-17)5-3-18;1-19-8-10-21(11-9-19)16(23)14-12-13(22(24)25)2-3-15(14)20(6-4-17)7-5-18/h1-3,10-11H,4-9,13H2;1-4,11-12H,5-10,13H2;11-12H,3-10H2,1-2H3;10-11H,2-9H2,1H3;2-3,12H,4-11H2,1H3. The molecular formula is C90H106Br9N23O26S. The average molecular weight is 2680 g/mol. The van der Waals surface area contributed by atoms with E-state index in [0.717, 1.165) is 106 Å². The smallest absolute Gasteiger partial charge is 0.300 e. The Labute approximate surface area is 931 Å². The molecule has 7 aromatic carbocycles. The summed E-state index contributed by atoms with van der Waals surface area (Å²) in [6, 6.07) is 27.8. The van der Waals surface area contributed by atoms with E-state index in [1.54, 1.807) is 47.6 Å². The van der Waals surface area contributed by atoms with Crippen LogP contribution in [-0.4, -0.2) is 361 Å². The lowest BCUT2D eigenvalue weighted by atomic mass is 9.94. The second-order valence-corrected chi connectivity index (χ2v) is 42.5. The summed E-state index contributed by atoms with van der Waals surface area (Å²) in [4.78, 5) is 187. The Bertz CT molecular complexity index is 6190. The van der Waals surface area contributed by atoms with Crippen LogP contribution in [0.2, 0.25) is 0 Å². The molecule has 5 aliphatic heterocycles. The summed E-state index contributed by atoms with van der Waals surface area (Å²) >= 11 is 30.1. The molecule has 0 bridgehead atoms. The summed E-state index contributed by atoms with van der Waals surface area (Å²) in [6.45, 7) is 11.8. The molecule has 12 rings (SSSR count). The molecule has 0 radical (unpaired) electrons. The molecule has 3 fully saturated rings. The molecule has 7 aromatic rings. The van der Waals surface area contributed by atoms with Crippen LogP contribution in [0.25, 0.3) is 0 Å². The number of benzene rings is 7. The molecule has 0 unspecified atom stereocenters. The number of likely N-dealkylation sites (N-methyl/N-ethyl adjacent to an activating group) is 3. The van der Waals surface area contributed by atoms with Crippen LogP contribution >= 0.6 is 143 Å². The van der Waals surface area contributed by atoms with E-state index >= 15 is 0 Å². The summed E-state index contributed by atoms with van der Waals surface area (Å²) in [6.07, 6.45) is 1.98. The zero-order valence-corrected chi connectivity index (χ0v) is 96.1. The number of non-ortho nitro benzene ring substituents is 5. The van der Waals surface area contributed by atoms with Gasteiger partial charge < -0.3 is 63.7 Å². The molecule has 0 saturated carbocycles. The molecule has 149 heavy (non-hydrogen) atoms. The van der Waals surface area contributed by atoms with Crippen LogP contribution in [-0.2, 0) is 40.2 Å². The van der Waals surface area contributed by atoms with Crippen molar-refractivity contribution in [3.8, 4) is 6.07 Å². The number of nitrogens with zero attached hydrogens (tertiary/aromatic N) is 23. The van der Waals surface area contributed by atoms with Crippen molar-refractivity contribution in [3.05, 3.63) is 256 Å². The van der Waals surface area contributed by atoms with Crippen LogP contribution in [0.3, 0.4) is 0 Å². The maximum Gasteiger partial charge on any atom is 0.300 e. The van der Waals surface area contributed by atoms with E-state index < -0.39 is 124 Å². The number of fused-ring (bicyclic) bond motifs is 2. The Hall–Kier alpha value is -10.9. The third-order valence-corrected chi connectivity index (χ3v) is 28.0. The largest absolute Gasteiger partial charge is 0.369 e. The van der Waals surface area contributed by atoms with Gasteiger partial charge in [-0.3, -0.25) is 119 Å². The SMILES string of the molecule is CN1CCN(C(=O)c2cc([N+](=O)[O-])cc([N+](=O)[O-])c2N(CCBr)CCBr)CC1.CN1CCN(C(=O)c2cc([N+](=O)[O-])cc([N+](=O)[O-])c2N(CCBr)CCOS(C)(=O)=O)CC1.CN1CCN(C(=O)c2cc([N+](=O)[O-])ccc2N(CCBr)CCBr)CC1.N#Cc1cccc2c1CCN(C(=O)c1cc([N+](=O)[O-])cc([N+](=O)[O-])c1N(CCBr)CCBr)C2.O=C(c1cc([N+](=O)[O-])cc([N+](=O)[O-])c1N(CCBr)CCBr)N1CCc2ccccc2C1. The van der Waals surface area contributed by atoms with Crippen molar-refractivity contribution >= 4 is 263 Å². The highest BCUT2D eigenvalue weighted by molar-refractivity contribution is 9.10. The van der Waals surface area contributed by atoms with Crippen LogP contribution in [0, 0.1) is 102 Å². The fourth-order valence-electron chi connectivity index (χ4n) is 16.8. The van der Waals surface area contributed by atoms with Gasteiger partial charge in [-0.1, -0.05) is 180 Å². The Morgan fingerprint density at radius 2 is 0.604 bits per heavy atom. The minimum atomic E-state index is -3.75. The van der Waals surface area contributed by atoms with E-state index in [0.29, 0.717) is 192 Å². The number of nitriles is 1. The third kappa shape index (κ3) is 34.0. The molecular weight excluding hydrogens is 2570 g/mol. The number of amides is 5. The number of halogens is 9. The van der Waals surface area contributed by atoms with Crippen molar-refractivity contribution in [2.45, 2.75) is 25.9 Å². The zero-order chi connectivity index (χ0) is 110. The van der Waals surface area contributed by atoms with Crippen molar-refractivity contribution in [3.63, 3.8) is 0 Å². The van der Waals surface area contributed by atoms with E-state index in [-0.39, 0.29) is 89.4 Å². The fraction of sp³-hybridized carbons (Fsp3) is 0.467. The molecule has 5 heterocycles. The van der Waals surface area contributed by atoms with Gasteiger partial charge in [-0.05, 0) is 68.4 Å². The van der Waals surface area contributed by atoms with Gasteiger partial charge in [0, 0.05) is 255 Å². The highest BCUT2D eigenvalue weighted by atomic mass is 79.9. The van der Waals surface area contributed by atoms with Gasteiger partial charge in [0.1, 0.15) is 22.7 Å². The number of alkyl halides is 9. The predicted octanol–water partition coefficient (Wildman–Crippen LogP) is 14.6. The number of carbonyl (C=O) groups is 5. The first-order valence-electron chi connectivity index (χ1n) is 45.8. The quantitative estimate of drug-likeness (QED) is 0.0149. The molecule has 3 saturated heterocycles. The van der Waals surface area contributed by atoms with Gasteiger partial charge in [-0.25, -0.2) is 0 Å². The molecule has 0 aromatic heterocycles. The summed E-state index contributed by atoms with van der Waals surface area (Å²) in [5.41, 5.74) is 1.33. The molecule has 0 atom stereocenters. The molecule has 5 aliphatic rings. The number of nitro benzene ring substituents is 9. The summed E-state index contributed by atoms with van der Waals surface area (Å²) < 4.78 is 27.4. The first-order valence-corrected chi connectivity index (χ1v) is 57.7. The van der Waals surface area contributed by atoms with Gasteiger partial charge in [0.25, 0.3) is 90.8 Å². The summed E-state index contributed by atoms with van der Waals surface area (Å²) in [7, 11) is 2.11. The molecule has 0 spiro atoms. The van der Waals surface area contributed by atoms with Crippen molar-refractivity contribution < 1.29 is 80.9 Å². The second kappa shape index (κ2) is 59.8. The number of rotatable bonds is 41. The zero-order valence-electron chi connectivity index (χ0n) is 81.0. The number of carbonyl (C=O) groups excluding carboxylic acids is 5. The monoisotopic (exact) mass is 2670 g/mol. The summed E-state index contributed by atoms with van der Waals surface area (Å²) in [5, 5.41) is 118. The first kappa shape index (κ1) is 123. The van der Waals surface area contributed by atoms with Crippen molar-refractivity contribution in [1.29, 1.82) is 5.26 Å². The van der Waals surface area contributed by atoms with Gasteiger partial charge in [0.05, 0.1) is 127 Å². The minimum absolute atomic E-state index is 0.00708. The minimum Gasteiger partial charge on any atom is -0.369 e. The van der Waals surface area contributed by atoms with Crippen LogP contribution in [0.5, 0.6) is 0 Å². The average Bonchev–Trinajstić information content (AvgIpc) is 0.775. The van der Waals surface area contributed by atoms with Crippen molar-refractivity contribution in [2.24, 2.45) is 0 Å². The fourth-order valence-corrected chi connectivity index (χ4v) is 21.0. The highest BCUT2D eigenvalue weighted by Crippen LogP contribution is 2.44. The van der Waals surface area contributed by atoms with Gasteiger partial charge >= 0.3 is 0 Å². The Morgan fingerprint density at radius 3 is 0.906 bits per heavy atom. The van der Waals surface area contributed by atoms with Crippen molar-refractivity contribution in [1.82, 2.24) is 39.2 Å². The molecule has 0 N–H and O–H groups in total. The normalized spacial score (nSPS) is 14.0. The van der Waals surface area contributed by atoms with E-state index in [1.807, 2.05) is 56.4 Å². The van der Waals surface area contributed by atoms with Gasteiger partial charge in [-0.15, -0.1) is 0 Å². The van der Waals surface area contributed by atoms with Gasteiger partial charge in [-0.2, -0.15) is 13.7 Å².